The molecule has 7 nitrogen and oxygen atoms in total. The lowest BCUT2D eigenvalue weighted by Crippen LogP contribution is -2.02. The van der Waals surface area contributed by atoms with E-state index in [1.807, 2.05) is 0 Å². The van der Waals surface area contributed by atoms with Gasteiger partial charge in [-0.25, -0.2) is 4.79 Å². The molecule has 0 amide bonds. The molecule has 0 radical (unpaired) electrons. The van der Waals surface area contributed by atoms with E-state index in [0.717, 1.165) is 13.2 Å². The van der Waals surface area contributed by atoms with Gasteiger partial charge in [-0.15, -0.1) is 0 Å². The van der Waals surface area contributed by atoms with E-state index in [1.165, 1.54) is 0 Å². The first-order chi connectivity index (χ1) is 6.97. The number of carbonyl (C=O) groups excluding carboxylic acids is 1. The van der Waals surface area contributed by atoms with Crippen LogP contribution in [0.3, 0.4) is 0 Å². The molecule has 0 aliphatic rings. The van der Waals surface area contributed by atoms with Gasteiger partial charge in [-0.3, -0.25) is 10.1 Å². The third-order valence-electron chi connectivity index (χ3n) is 1.69. The standard InChI is InChI=1S/C8H7NO6/c1-15-8(12)4-2-5(9(13)14)7(11)3-6(4)10/h2-3,10-11H,1H3. The van der Waals surface area contributed by atoms with Gasteiger partial charge >= 0.3 is 11.7 Å². The number of hydrogen-bond donors (Lipinski definition) is 2. The van der Waals surface area contributed by atoms with Crippen LogP contribution in [0.25, 0.3) is 0 Å². The smallest absolute Gasteiger partial charge is 0.341 e. The summed E-state index contributed by atoms with van der Waals surface area (Å²) in [4.78, 5) is 20.6. The number of hydrogen-bond acceptors (Lipinski definition) is 6. The van der Waals surface area contributed by atoms with E-state index in [4.69, 9.17) is 5.11 Å². The average Bonchev–Trinajstić information content (AvgIpc) is 2.16. The maximum Gasteiger partial charge on any atom is 0.341 e. The highest BCUT2D eigenvalue weighted by Crippen LogP contribution is 2.33. The van der Waals surface area contributed by atoms with Crippen molar-refractivity contribution in [2.75, 3.05) is 7.11 Å². The number of phenols is 2. The number of aromatic hydroxyl groups is 2. The van der Waals surface area contributed by atoms with Crippen molar-refractivity contribution in [3.05, 3.63) is 27.8 Å². The Kier molecular flexibility index (Phi) is 2.75. The van der Waals surface area contributed by atoms with E-state index in [9.17, 15) is 20.0 Å². The van der Waals surface area contributed by atoms with Crippen LogP contribution in [0.15, 0.2) is 12.1 Å². The van der Waals surface area contributed by atoms with Gasteiger partial charge in [0.15, 0.2) is 5.75 Å². The van der Waals surface area contributed by atoms with Crippen LogP contribution in [0.2, 0.25) is 0 Å². The molecule has 0 unspecified atom stereocenters. The first kappa shape index (κ1) is 10.8. The number of ether oxygens (including phenoxy) is 1. The van der Waals surface area contributed by atoms with Crippen LogP contribution in [-0.2, 0) is 4.74 Å². The fraction of sp³-hybridized carbons (Fsp3) is 0.125. The maximum atomic E-state index is 11.0. The second kappa shape index (κ2) is 3.82. The molecular formula is C8H7NO6. The summed E-state index contributed by atoms with van der Waals surface area (Å²) >= 11 is 0. The molecule has 0 saturated heterocycles. The van der Waals surface area contributed by atoms with Crippen LogP contribution >= 0.6 is 0 Å². The molecule has 80 valence electrons. The Hall–Kier alpha value is -2.31. The normalized spacial score (nSPS) is 9.67. The summed E-state index contributed by atoms with van der Waals surface area (Å²) < 4.78 is 4.29. The zero-order chi connectivity index (χ0) is 11.6. The van der Waals surface area contributed by atoms with Gasteiger partial charge in [-0.1, -0.05) is 0 Å². The molecule has 1 rings (SSSR count). The highest BCUT2D eigenvalue weighted by atomic mass is 16.6. The van der Waals surface area contributed by atoms with Gasteiger partial charge in [0.1, 0.15) is 11.3 Å². The Morgan fingerprint density at radius 3 is 2.47 bits per heavy atom. The Balaban J connectivity index is 3.36. The van der Waals surface area contributed by atoms with Crippen LogP contribution < -0.4 is 0 Å². The highest BCUT2D eigenvalue weighted by Gasteiger charge is 2.21. The van der Waals surface area contributed by atoms with E-state index in [-0.39, 0.29) is 5.56 Å². The number of phenolic OH excluding ortho intramolecular Hbond substituents is 2. The summed E-state index contributed by atoms with van der Waals surface area (Å²) in [7, 11) is 1.07. The molecule has 1 aromatic carbocycles. The minimum Gasteiger partial charge on any atom is -0.507 e. The van der Waals surface area contributed by atoms with E-state index < -0.39 is 28.1 Å². The van der Waals surface area contributed by atoms with Gasteiger partial charge in [0, 0.05) is 12.1 Å². The lowest BCUT2D eigenvalue weighted by atomic mass is 10.1. The Bertz CT molecular complexity index is 427. The minimum atomic E-state index is -0.921. The van der Waals surface area contributed by atoms with Crippen molar-refractivity contribution >= 4 is 11.7 Å². The predicted molar refractivity (Wildman–Crippen MR) is 47.8 cm³/mol. The number of nitro benzene ring substituents is 1. The molecule has 0 aliphatic heterocycles. The fourth-order valence-corrected chi connectivity index (χ4v) is 0.985. The minimum absolute atomic E-state index is 0.373. The first-order valence-electron chi connectivity index (χ1n) is 3.76. The van der Waals surface area contributed by atoms with Crippen molar-refractivity contribution in [3.63, 3.8) is 0 Å². The van der Waals surface area contributed by atoms with Crippen molar-refractivity contribution < 1.29 is 24.7 Å². The van der Waals surface area contributed by atoms with E-state index in [1.54, 1.807) is 0 Å². The lowest BCUT2D eigenvalue weighted by Gasteiger charge is -2.03. The monoisotopic (exact) mass is 213 g/mol. The molecule has 7 heteroatoms. The van der Waals surface area contributed by atoms with Crippen molar-refractivity contribution in [2.45, 2.75) is 0 Å². The molecule has 0 atom stereocenters. The number of methoxy groups -OCH3 is 1. The Morgan fingerprint density at radius 2 is 2.00 bits per heavy atom. The van der Waals surface area contributed by atoms with Crippen LogP contribution in [0, 0.1) is 10.1 Å². The summed E-state index contributed by atoms with van der Waals surface area (Å²) in [5, 5.41) is 28.7. The number of nitrogens with zero attached hydrogens (tertiary/aromatic N) is 1. The Morgan fingerprint density at radius 1 is 1.40 bits per heavy atom. The number of esters is 1. The van der Waals surface area contributed by atoms with Crippen LogP contribution in [0.5, 0.6) is 11.5 Å². The summed E-state index contributed by atoms with van der Waals surface area (Å²) in [6.07, 6.45) is 0. The number of carbonyl (C=O) groups is 1. The van der Waals surface area contributed by atoms with Gasteiger partial charge < -0.3 is 14.9 Å². The molecule has 0 aromatic heterocycles. The highest BCUT2D eigenvalue weighted by molar-refractivity contribution is 5.93. The van der Waals surface area contributed by atoms with Crippen molar-refractivity contribution in [1.29, 1.82) is 0 Å². The molecule has 1 aromatic rings. The van der Waals surface area contributed by atoms with Crippen LogP contribution in [0.1, 0.15) is 10.4 Å². The summed E-state index contributed by atoms with van der Waals surface area (Å²) in [5.74, 6) is -2.22. The van der Waals surface area contributed by atoms with E-state index >= 15 is 0 Å². The molecule has 0 fully saturated rings. The topological polar surface area (TPSA) is 110 Å². The van der Waals surface area contributed by atoms with Gasteiger partial charge in [0.25, 0.3) is 0 Å². The molecular weight excluding hydrogens is 206 g/mol. The predicted octanol–water partition coefficient (Wildman–Crippen LogP) is 0.793. The second-order valence-corrected chi connectivity index (χ2v) is 2.61. The maximum absolute atomic E-state index is 11.0. The Labute approximate surface area is 83.7 Å². The molecule has 0 saturated carbocycles. The second-order valence-electron chi connectivity index (χ2n) is 2.61. The summed E-state index contributed by atoms with van der Waals surface area (Å²) in [6, 6.07) is 1.46. The van der Waals surface area contributed by atoms with Crippen molar-refractivity contribution in [3.8, 4) is 11.5 Å². The first-order valence-corrected chi connectivity index (χ1v) is 3.76. The fourth-order valence-electron chi connectivity index (χ4n) is 0.985. The van der Waals surface area contributed by atoms with Gasteiger partial charge in [0.05, 0.1) is 12.0 Å². The average molecular weight is 213 g/mol. The zero-order valence-corrected chi connectivity index (χ0v) is 7.63. The number of benzene rings is 1. The van der Waals surface area contributed by atoms with Crippen LogP contribution in [0.4, 0.5) is 5.69 Å². The quantitative estimate of drug-likeness (QED) is 0.427. The molecule has 0 spiro atoms. The van der Waals surface area contributed by atoms with Crippen molar-refractivity contribution in [2.24, 2.45) is 0 Å². The van der Waals surface area contributed by atoms with E-state index in [2.05, 4.69) is 4.74 Å². The lowest BCUT2D eigenvalue weighted by molar-refractivity contribution is -0.385. The molecule has 15 heavy (non-hydrogen) atoms. The SMILES string of the molecule is COC(=O)c1cc([N+](=O)[O-])c(O)cc1O. The van der Waals surface area contributed by atoms with E-state index in [0.29, 0.717) is 6.07 Å². The largest absolute Gasteiger partial charge is 0.507 e. The zero-order valence-electron chi connectivity index (χ0n) is 7.63. The van der Waals surface area contributed by atoms with Gasteiger partial charge in [-0.05, 0) is 0 Å². The van der Waals surface area contributed by atoms with Crippen molar-refractivity contribution in [1.82, 2.24) is 0 Å². The summed E-state index contributed by atoms with van der Waals surface area (Å²) in [5.41, 5.74) is -1.05. The third kappa shape index (κ3) is 1.96. The molecule has 0 heterocycles. The number of nitro groups is 1. The molecule has 0 aliphatic carbocycles. The number of rotatable bonds is 2. The third-order valence-corrected chi connectivity index (χ3v) is 1.69. The van der Waals surface area contributed by atoms with Crippen LogP contribution in [-0.4, -0.2) is 28.2 Å². The molecule has 2 N–H and O–H groups in total. The van der Waals surface area contributed by atoms with Gasteiger partial charge in [-0.2, -0.15) is 0 Å². The van der Waals surface area contributed by atoms with Gasteiger partial charge in [0.2, 0.25) is 0 Å². The molecule has 0 bridgehead atoms. The summed E-state index contributed by atoms with van der Waals surface area (Å²) in [6.45, 7) is 0.